The Morgan fingerprint density at radius 3 is 2.29 bits per heavy atom. The molecule has 0 bridgehead atoms. The number of benzene rings is 1. The minimum absolute atomic E-state index is 0.0531. The molecule has 0 saturated carbocycles. The molecule has 0 aromatic heterocycles. The Balaban J connectivity index is 0.00000121. The van der Waals surface area contributed by atoms with Crippen molar-refractivity contribution in [1.29, 1.82) is 0 Å². The van der Waals surface area contributed by atoms with Crippen molar-refractivity contribution in [1.82, 2.24) is 5.32 Å². The van der Waals surface area contributed by atoms with Gasteiger partial charge in [-0.15, -0.1) is 0 Å². The van der Waals surface area contributed by atoms with Crippen LogP contribution in [0.3, 0.4) is 0 Å². The van der Waals surface area contributed by atoms with Gasteiger partial charge < -0.3 is 5.32 Å². The third kappa shape index (κ3) is 4.02. The number of aryl methyl sites for hydroxylation is 2. The topological polar surface area (TPSA) is 41.5 Å². The Bertz CT molecular complexity index is 409. The molecule has 0 aliphatic rings. The van der Waals surface area contributed by atoms with Crippen LogP contribution in [-0.2, 0) is 0 Å². The molecule has 94 valence electrons. The second-order valence-electron chi connectivity index (χ2n) is 3.42. The van der Waals surface area contributed by atoms with Gasteiger partial charge in [-0.3, -0.25) is 9.79 Å². The molecule has 0 fully saturated rings. The van der Waals surface area contributed by atoms with E-state index >= 15 is 0 Å². The maximum atomic E-state index is 11.5. The van der Waals surface area contributed by atoms with Crippen LogP contribution in [0.15, 0.2) is 17.1 Å². The predicted octanol–water partition coefficient (Wildman–Crippen LogP) is 3.41. The molecule has 0 saturated heterocycles. The quantitative estimate of drug-likeness (QED) is 0.783. The number of hydrogen-bond acceptors (Lipinski definition) is 2. The van der Waals surface area contributed by atoms with Gasteiger partial charge in [-0.1, -0.05) is 13.8 Å². The summed E-state index contributed by atoms with van der Waals surface area (Å²) < 4.78 is 0. The first-order valence-corrected chi connectivity index (χ1v) is 5.92. The number of nitrogens with one attached hydrogen (secondary N) is 1. The third-order valence-electron chi connectivity index (χ3n) is 2.28. The van der Waals surface area contributed by atoms with Gasteiger partial charge in [0.25, 0.3) is 5.91 Å². The molecule has 0 heterocycles. The highest BCUT2D eigenvalue weighted by Gasteiger charge is 2.09. The molecule has 0 atom stereocenters. The molecule has 0 spiro atoms. The SMILES string of the molecule is CC.CC=Nc1cc(C)c(C(=O)NC)cc1C. The zero-order chi connectivity index (χ0) is 13.4. The van der Waals surface area contributed by atoms with Crippen LogP contribution in [0, 0.1) is 13.8 Å². The van der Waals surface area contributed by atoms with Crippen molar-refractivity contribution in [3.8, 4) is 0 Å². The second-order valence-corrected chi connectivity index (χ2v) is 3.42. The summed E-state index contributed by atoms with van der Waals surface area (Å²) in [6.45, 7) is 9.74. The van der Waals surface area contributed by atoms with Crippen molar-refractivity contribution in [3.05, 3.63) is 28.8 Å². The van der Waals surface area contributed by atoms with Crippen LogP contribution in [-0.4, -0.2) is 19.2 Å². The highest BCUT2D eigenvalue weighted by Crippen LogP contribution is 2.22. The van der Waals surface area contributed by atoms with E-state index < -0.39 is 0 Å². The van der Waals surface area contributed by atoms with Crippen molar-refractivity contribution in [2.75, 3.05) is 7.05 Å². The van der Waals surface area contributed by atoms with E-state index in [1.807, 2.05) is 46.8 Å². The predicted molar refractivity (Wildman–Crippen MR) is 74.5 cm³/mol. The van der Waals surface area contributed by atoms with Crippen molar-refractivity contribution < 1.29 is 4.79 Å². The molecule has 0 radical (unpaired) electrons. The van der Waals surface area contributed by atoms with Gasteiger partial charge in [0.2, 0.25) is 0 Å². The molecular formula is C14H22N2O. The lowest BCUT2D eigenvalue weighted by molar-refractivity contribution is 0.0962. The second kappa shape index (κ2) is 7.60. The number of amides is 1. The van der Waals surface area contributed by atoms with E-state index in [1.54, 1.807) is 13.3 Å². The number of carbonyl (C=O) groups excluding carboxylic acids is 1. The Morgan fingerprint density at radius 1 is 1.24 bits per heavy atom. The third-order valence-corrected chi connectivity index (χ3v) is 2.28. The molecule has 0 unspecified atom stereocenters. The van der Waals surface area contributed by atoms with E-state index in [0.717, 1.165) is 16.8 Å². The standard InChI is InChI=1S/C12H16N2O.C2H6/c1-5-14-11-7-8(2)10(6-9(11)3)12(15)13-4;1-2/h5-7H,1-4H3,(H,13,15);1-2H3. The Labute approximate surface area is 104 Å². The molecular weight excluding hydrogens is 212 g/mol. The largest absolute Gasteiger partial charge is 0.355 e. The summed E-state index contributed by atoms with van der Waals surface area (Å²) in [5.41, 5.74) is 3.59. The van der Waals surface area contributed by atoms with Crippen LogP contribution < -0.4 is 5.32 Å². The molecule has 0 aliphatic carbocycles. The molecule has 1 N–H and O–H groups in total. The summed E-state index contributed by atoms with van der Waals surface area (Å²) in [6.07, 6.45) is 1.75. The average molecular weight is 234 g/mol. The molecule has 1 aromatic rings. The Hall–Kier alpha value is -1.64. The lowest BCUT2D eigenvalue weighted by atomic mass is 10.0. The molecule has 3 nitrogen and oxygen atoms in total. The van der Waals surface area contributed by atoms with Crippen LogP contribution in [0.2, 0.25) is 0 Å². The molecule has 1 rings (SSSR count). The van der Waals surface area contributed by atoms with Gasteiger partial charge in [0.05, 0.1) is 5.69 Å². The van der Waals surface area contributed by atoms with Gasteiger partial charge in [-0.2, -0.15) is 0 Å². The number of aliphatic imine (C=N–C) groups is 1. The summed E-state index contributed by atoms with van der Waals surface area (Å²) in [5.74, 6) is -0.0531. The summed E-state index contributed by atoms with van der Waals surface area (Å²) in [7, 11) is 1.63. The first kappa shape index (κ1) is 15.4. The van der Waals surface area contributed by atoms with Crippen molar-refractivity contribution in [2.24, 2.45) is 4.99 Å². The maximum absolute atomic E-state index is 11.5. The Kier molecular flexibility index (Phi) is 6.87. The van der Waals surface area contributed by atoms with E-state index in [0.29, 0.717) is 5.56 Å². The monoisotopic (exact) mass is 234 g/mol. The van der Waals surface area contributed by atoms with Gasteiger partial charge in [-0.25, -0.2) is 0 Å². The summed E-state index contributed by atoms with van der Waals surface area (Å²) in [6, 6.07) is 3.80. The number of carbonyl (C=O) groups is 1. The van der Waals surface area contributed by atoms with Crippen molar-refractivity contribution in [2.45, 2.75) is 34.6 Å². The lowest BCUT2D eigenvalue weighted by Crippen LogP contribution is -2.19. The molecule has 3 heteroatoms. The van der Waals surface area contributed by atoms with E-state index in [4.69, 9.17) is 0 Å². The first-order valence-electron chi connectivity index (χ1n) is 5.92. The summed E-state index contributed by atoms with van der Waals surface area (Å²) >= 11 is 0. The minimum Gasteiger partial charge on any atom is -0.355 e. The van der Waals surface area contributed by atoms with Gasteiger partial charge >= 0.3 is 0 Å². The van der Waals surface area contributed by atoms with Crippen molar-refractivity contribution in [3.63, 3.8) is 0 Å². The van der Waals surface area contributed by atoms with Crippen LogP contribution in [0.5, 0.6) is 0 Å². The van der Waals surface area contributed by atoms with Crippen LogP contribution in [0.4, 0.5) is 5.69 Å². The fourth-order valence-electron chi connectivity index (χ4n) is 1.46. The number of nitrogens with zero attached hydrogens (tertiary/aromatic N) is 1. The van der Waals surface area contributed by atoms with Crippen LogP contribution in [0.25, 0.3) is 0 Å². The fraction of sp³-hybridized carbons (Fsp3) is 0.429. The Morgan fingerprint density at radius 2 is 1.82 bits per heavy atom. The van der Waals surface area contributed by atoms with E-state index in [1.165, 1.54) is 0 Å². The zero-order valence-electron chi connectivity index (χ0n) is 11.6. The van der Waals surface area contributed by atoms with E-state index in [2.05, 4.69) is 10.3 Å². The molecule has 0 aliphatic heterocycles. The zero-order valence-corrected chi connectivity index (χ0v) is 11.6. The summed E-state index contributed by atoms with van der Waals surface area (Å²) in [5, 5.41) is 2.62. The van der Waals surface area contributed by atoms with E-state index in [-0.39, 0.29) is 5.91 Å². The first-order chi connectivity index (χ1) is 8.10. The minimum atomic E-state index is -0.0531. The fourth-order valence-corrected chi connectivity index (χ4v) is 1.46. The van der Waals surface area contributed by atoms with Gasteiger partial charge in [-0.05, 0) is 44.0 Å². The molecule has 1 amide bonds. The van der Waals surface area contributed by atoms with Crippen LogP contribution in [0.1, 0.15) is 42.3 Å². The highest BCUT2D eigenvalue weighted by molar-refractivity contribution is 5.96. The normalized spacial score (nSPS) is 9.76. The molecule has 1 aromatic carbocycles. The maximum Gasteiger partial charge on any atom is 0.251 e. The summed E-state index contributed by atoms with van der Waals surface area (Å²) in [4.78, 5) is 15.7. The highest BCUT2D eigenvalue weighted by atomic mass is 16.1. The average Bonchev–Trinajstić information content (AvgIpc) is 2.35. The van der Waals surface area contributed by atoms with Gasteiger partial charge in [0, 0.05) is 18.8 Å². The number of rotatable bonds is 2. The molecule has 17 heavy (non-hydrogen) atoms. The number of hydrogen-bond donors (Lipinski definition) is 1. The van der Waals surface area contributed by atoms with Gasteiger partial charge in [0.15, 0.2) is 0 Å². The van der Waals surface area contributed by atoms with Crippen molar-refractivity contribution >= 4 is 17.8 Å². The van der Waals surface area contributed by atoms with Gasteiger partial charge in [0.1, 0.15) is 0 Å². The smallest absolute Gasteiger partial charge is 0.251 e. The van der Waals surface area contributed by atoms with E-state index in [9.17, 15) is 4.79 Å². The lowest BCUT2D eigenvalue weighted by Gasteiger charge is -2.08. The van der Waals surface area contributed by atoms with Crippen LogP contribution >= 0.6 is 0 Å².